The van der Waals surface area contributed by atoms with Gasteiger partial charge < -0.3 is 5.32 Å². The van der Waals surface area contributed by atoms with Gasteiger partial charge in [-0.05, 0) is 37.1 Å². The normalized spacial score (nSPS) is 23.0. The number of halogens is 3. The first-order valence-corrected chi connectivity index (χ1v) is 11.8. The maximum absolute atomic E-state index is 12.6. The lowest BCUT2D eigenvalue weighted by molar-refractivity contribution is -0.120. The molecule has 1 aliphatic heterocycles. The number of carbonyl (C=O) groups excluding carboxylic acids is 1. The highest BCUT2D eigenvalue weighted by atomic mass is 35.6. The number of alkyl halides is 3. The third-order valence-electron chi connectivity index (χ3n) is 4.02. The van der Waals surface area contributed by atoms with Crippen LogP contribution in [-0.2, 0) is 24.7 Å². The molecule has 2 N–H and O–H groups in total. The molecule has 0 aromatic heterocycles. The van der Waals surface area contributed by atoms with Crippen molar-refractivity contribution in [2.24, 2.45) is 0 Å². The zero-order valence-corrected chi connectivity index (χ0v) is 17.7. The fraction of sp³-hybridized carbons (Fsp3) is 0.500. The smallest absolute Gasteiger partial charge is 0.272 e. The van der Waals surface area contributed by atoms with Crippen LogP contribution >= 0.6 is 34.8 Å². The van der Waals surface area contributed by atoms with Crippen molar-refractivity contribution in [3.8, 4) is 0 Å². The molecule has 0 bridgehead atoms. The molecule has 0 spiro atoms. The average molecular weight is 464 g/mol. The van der Waals surface area contributed by atoms with Gasteiger partial charge in [-0.3, -0.25) is 4.79 Å². The quantitative estimate of drug-likeness (QED) is 0.653. The Morgan fingerprint density at radius 1 is 1.12 bits per heavy atom. The lowest BCUT2D eigenvalue weighted by Gasteiger charge is -2.22. The van der Waals surface area contributed by atoms with Gasteiger partial charge in [-0.15, -0.1) is 0 Å². The van der Waals surface area contributed by atoms with E-state index in [2.05, 4.69) is 10.0 Å². The van der Waals surface area contributed by atoms with Gasteiger partial charge in [-0.1, -0.05) is 40.9 Å². The summed E-state index contributed by atoms with van der Waals surface area (Å²) in [4.78, 5) is 11.8. The Kier molecular flexibility index (Phi) is 6.22. The fourth-order valence-corrected chi connectivity index (χ4v) is 6.00. The van der Waals surface area contributed by atoms with Crippen LogP contribution in [0.15, 0.2) is 23.1 Å². The average Bonchev–Trinajstić information content (AvgIpc) is 2.73. The van der Waals surface area contributed by atoms with Crippen molar-refractivity contribution >= 4 is 60.6 Å². The Morgan fingerprint density at radius 3 is 2.23 bits per heavy atom. The summed E-state index contributed by atoms with van der Waals surface area (Å²) in [5, 5.41) is 2.28. The number of rotatable bonds is 4. The van der Waals surface area contributed by atoms with Crippen LogP contribution in [0.5, 0.6) is 0 Å². The summed E-state index contributed by atoms with van der Waals surface area (Å²) in [6, 6.07) is 2.42. The number of sulfone groups is 1. The van der Waals surface area contributed by atoms with Crippen LogP contribution in [0.2, 0.25) is 0 Å². The first kappa shape index (κ1) is 21.7. The minimum Gasteiger partial charge on any atom is -0.347 e. The number of hydrogen-bond donors (Lipinski definition) is 2. The molecule has 1 saturated heterocycles. The van der Waals surface area contributed by atoms with Gasteiger partial charge in [0.2, 0.25) is 10.0 Å². The third-order valence-corrected chi connectivity index (χ3v) is 7.76. The van der Waals surface area contributed by atoms with E-state index in [0.29, 0.717) is 0 Å². The second-order valence-corrected chi connectivity index (χ2v) is 12.3. The SMILES string of the molecule is Cc1ccc(S(=O)(=O)N[C@@H]2CS(=O)(=O)C[C@@H]2NC(=O)C(Cl)(Cl)Cl)cc1C. The number of sulfonamides is 1. The lowest BCUT2D eigenvalue weighted by Crippen LogP contribution is -2.53. The topological polar surface area (TPSA) is 109 Å². The highest BCUT2D eigenvalue weighted by molar-refractivity contribution is 7.92. The van der Waals surface area contributed by atoms with Crippen LogP contribution < -0.4 is 10.0 Å². The van der Waals surface area contributed by atoms with Crippen molar-refractivity contribution in [2.75, 3.05) is 11.5 Å². The summed E-state index contributed by atoms with van der Waals surface area (Å²) in [6.45, 7) is 3.60. The molecule has 0 unspecified atom stereocenters. The maximum Gasteiger partial charge on any atom is 0.272 e. The summed E-state index contributed by atoms with van der Waals surface area (Å²) in [6.07, 6.45) is 0. The van der Waals surface area contributed by atoms with Crippen LogP contribution in [0.1, 0.15) is 11.1 Å². The zero-order valence-electron chi connectivity index (χ0n) is 13.8. The van der Waals surface area contributed by atoms with Crippen LogP contribution in [0.25, 0.3) is 0 Å². The second kappa shape index (κ2) is 7.44. The third kappa shape index (κ3) is 5.24. The van der Waals surface area contributed by atoms with Gasteiger partial charge in [0.15, 0.2) is 9.84 Å². The van der Waals surface area contributed by atoms with E-state index in [4.69, 9.17) is 34.8 Å². The molecule has 1 heterocycles. The summed E-state index contributed by atoms with van der Waals surface area (Å²) in [5.74, 6) is -1.96. The zero-order chi connectivity index (χ0) is 19.9. The van der Waals surface area contributed by atoms with E-state index in [1.54, 1.807) is 13.0 Å². The van der Waals surface area contributed by atoms with Crippen molar-refractivity contribution in [2.45, 2.75) is 34.6 Å². The Hall–Kier alpha value is -0.580. The second-order valence-electron chi connectivity index (χ2n) is 6.13. The molecule has 1 amide bonds. The number of aryl methyl sites for hydroxylation is 2. The van der Waals surface area contributed by atoms with Crippen LogP contribution in [0.4, 0.5) is 0 Å². The van der Waals surface area contributed by atoms with E-state index in [9.17, 15) is 21.6 Å². The van der Waals surface area contributed by atoms with Crippen molar-refractivity contribution in [1.29, 1.82) is 0 Å². The summed E-state index contributed by atoms with van der Waals surface area (Å²) in [7, 11) is -7.58. The van der Waals surface area contributed by atoms with Crippen molar-refractivity contribution in [1.82, 2.24) is 10.0 Å². The van der Waals surface area contributed by atoms with Gasteiger partial charge in [0.1, 0.15) is 0 Å². The molecule has 2 atom stereocenters. The van der Waals surface area contributed by atoms with Gasteiger partial charge >= 0.3 is 0 Å². The molecule has 1 aromatic rings. The van der Waals surface area contributed by atoms with Gasteiger partial charge in [0.25, 0.3) is 9.70 Å². The van der Waals surface area contributed by atoms with Crippen molar-refractivity contribution in [3.05, 3.63) is 29.3 Å². The Morgan fingerprint density at radius 2 is 1.69 bits per heavy atom. The standard InChI is InChI=1S/C14H17Cl3N2O5S2/c1-8-3-4-10(5-9(8)2)26(23,24)19-12-7-25(21,22)6-11(12)18-13(20)14(15,16)17/h3-5,11-12,19H,6-7H2,1-2H3,(H,18,20)/t11-,12+/m0/s1. The van der Waals surface area contributed by atoms with Gasteiger partial charge in [0, 0.05) is 0 Å². The van der Waals surface area contributed by atoms with Gasteiger partial charge in [-0.25, -0.2) is 21.6 Å². The van der Waals surface area contributed by atoms with E-state index >= 15 is 0 Å². The molecule has 26 heavy (non-hydrogen) atoms. The highest BCUT2D eigenvalue weighted by Crippen LogP contribution is 2.27. The highest BCUT2D eigenvalue weighted by Gasteiger charge is 2.43. The molecule has 12 heteroatoms. The van der Waals surface area contributed by atoms with E-state index in [0.717, 1.165) is 11.1 Å². The molecule has 1 fully saturated rings. The Labute approximate surface area is 167 Å². The van der Waals surface area contributed by atoms with Crippen molar-refractivity contribution in [3.63, 3.8) is 0 Å². The molecular formula is C14H17Cl3N2O5S2. The summed E-state index contributed by atoms with van der Waals surface area (Å²) in [5.41, 5.74) is 1.69. The van der Waals surface area contributed by atoms with E-state index in [1.807, 2.05) is 6.92 Å². The van der Waals surface area contributed by atoms with E-state index in [1.165, 1.54) is 12.1 Å². The lowest BCUT2D eigenvalue weighted by atomic mass is 10.1. The summed E-state index contributed by atoms with van der Waals surface area (Å²) >= 11 is 16.4. The minimum absolute atomic E-state index is 0.00338. The maximum atomic E-state index is 12.6. The molecule has 0 radical (unpaired) electrons. The number of amides is 1. The largest absolute Gasteiger partial charge is 0.347 e. The number of nitrogens with one attached hydrogen (secondary N) is 2. The number of carbonyl (C=O) groups is 1. The van der Waals surface area contributed by atoms with Crippen LogP contribution in [0.3, 0.4) is 0 Å². The number of benzene rings is 1. The van der Waals surface area contributed by atoms with E-state index < -0.39 is 53.1 Å². The van der Waals surface area contributed by atoms with Crippen molar-refractivity contribution < 1.29 is 21.6 Å². The monoisotopic (exact) mass is 462 g/mol. The first-order chi connectivity index (χ1) is 11.7. The molecule has 1 aliphatic rings. The molecule has 0 aliphatic carbocycles. The van der Waals surface area contributed by atoms with Crippen LogP contribution in [-0.4, -0.2) is 50.1 Å². The Bertz CT molecular complexity index is 926. The molecule has 7 nitrogen and oxygen atoms in total. The predicted molar refractivity (Wildman–Crippen MR) is 101 cm³/mol. The van der Waals surface area contributed by atoms with Crippen LogP contribution in [0, 0.1) is 13.8 Å². The summed E-state index contributed by atoms with van der Waals surface area (Å²) < 4.78 is 49.1. The molecule has 0 saturated carbocycles. The molecular weight excluding hydrogens is 447 g/mol. The minimum atomic E-state index is -4.00. The molecule has 1 aromatic carbocycles. The van der Waals surface area contributed by atoms with Gasteiger partial charge in [-0.2, -0.15) is 0 Å². The Balaban J connectivity index is 2.26. The molecule has 146 valence electrons. The van der Waals surface area contributed by atoms with Gasteiger partial charge in [0.05, 0.1) is 28.5 Å². The first-order valence-electron chi connectivity index (χ1n) is 7.39. The van der Waals surface area contributed by atoms with E-state index in [-0.39, 0.29) is 4.90 Å². The molecule has 2 rings (SSSR count). The number of hydrogen-bond acceptors (Lipinski definition) is 5. The fourth-order valence-electron chi connectivity index (χ4n) is 2.50. The predicted octanol–water partition coefficient (Wildman–Crippen LogP) is 1.23.